The minimum Gasteiger partial charge on any atom is -0.345 e. The van der Waals surface area contributed by atoms with Gasteiger partial charge >= 0.3 is 20.1 Å². The van der Waals surface area contributed by atoms with Crippen LogP contribution in [0.1, 0.15) is 0 Å². The number of rotatable bonds is 4. The Labute approximate surface area is 248 Å². The van der Waals surface area contributed by atoms with E-state index < -0.39 is 23.3 Å². The average Bonchev–Trinajstić information content (AvgIpc) is 2.99. The molecule has 0 unspecified atom stereocenters. The van der Waals surface area contributed by atoms with Gasteiger partial charge in [-0.25, -0.2) is 0 Å². The first-order valence-corrected chi connectivity index (χ1v) is 12.0. The van der Waals surface area contributed by atoms with Crippen molar-refractivity contribution >= 4 is 0 Å². The first-order chi connectivity index (χ1) is 19.5. The van der Waals surface area contributed by atoms with Crippen molar-refractivity contribution in [3.8, 4) is 45.2 Å². The molecule has 0 saturated heterocycles. The molecule has 6 rings (SSSR count). The van der Waals surface area contributed by atoms with Crippen molar-refractivity contribution in [2.24, 2.45) is 0 Å². The summed E-state index contributed by atoms with van der Waals surface area (Å²) in [7, 11) is 0. The van der Waals surface area contributed by atoms with Crippen molar-refractivity contribution in [3.05, 3.63) is 151 Å². The summed E-state index contributed by atoms with van der Waals surface area (Å²) in [5, 5.41) is 0. The first-order valence-electron chi connectivity index (χ1n) is 12.0. The summed E-state index contributed by atoms with van der Waals surface area (Å²) in [4.78, 5) is 13.0. The third-order valence-electron chi connectivity index (χ3n) is 5.64. The summed E-state index contributed by atoms with van der Waals surface area (Å²) < 4.78 is 53.4. The fourth-order valence-corrected chi connectivity index (χ4v) is 3.79. The van der Waals surface area contributed by atoms with E-state index in [4.69, 9.17) is 0 Å². The Morgan fingerprint density at radius 1 is 0.512 bits per heavy atom. The van der Waals surface area contributed by atoms with Crippen molar-refractivity contribution in [2.45, 2.75) is 0 Å². The molecule has 0 aliphatic heterocycles. The maximum absolute atomic E-state index is 13.8. The largest absolute Gasteiger partial charge is 3.00 e. The molecule has 3 nitrogen and oxygen atoms in total. The molecule has 0 N–H and O–H groups in total. The van der Waals surface area contributed by atoms with Crippen molar-refractivity contribution in [1.29, 1.82) is 0 Å². The molecule has 0 radical (unpaired) electrons. The zero-order chi connectivity index (χ0) is 27.9. The number of aromatic nitrogens is 3. The van der Waals surface area contributed by atoms with Gasteiger partial charge in [-0.2, -0.15) is 0 Å². The van der Waals surface area contributed by atoms with E-state index in [9.17, 15) is 17.6 Å². The molecule has 0 atom stereocenters. The van der Waals surface area contributed by atoms with E-state index in [0.717, 1.165) is 34.8 Å². The van der Waals surface area contributed by atoms with E-state index in [0.29, 0.717) is 12.1 Å². The minimum atomic E-state index is -0.826. The first kappa shape index (κ1) is 29.5. The van der Waals surface area contributed by atoms with Crippen LogP contribution < -0.4 is 0 Å². The van der Waals surface area contributed by atoms with Crippen LogP contribution in [-0.4, -0.2) is 15.0 Å². The van der Waals surface area contributed by atoms with Gasteiger partial charge in [-0.15, -0.1) is 60.2 Å². The Morgan fingerprint density at radius 2 is 1.05 bits per heavy atom. The fourth-order valence-electron chi connectivity index (χ4n) is 3.79. The number of halogens is 4. The number of hydrogen-bond acceptors (Lipinski definition) is 3. The Hall–Kier alpha value is -4.52. The maximum atomic E-state index is 13.8. The summed E-state index contributed by atoms with van der Waals surface area (Å²) in [6, 6.07) is 35.6. The van der Waals surface area contributed by atoms with Crippen LogP contribution in [-0.2, 0) is 20.1 Å². The minimum absolute atomic E-state index is 0. The maximum Gasteiger partial charge on any atom is 3.00 e. The third-order valence-corrected chi connectivity index (χ3v) is 5.64. The van der Waals surface area contributed by atoms with Gasteiger partial charge in [0, 0.05) is 29.5 Å². The molecule has 0 aliphatic carbocycles. The van der Waals surface area contributed by atoms with Crippen LogP contribution in [0, 0.1) is 41.5 Å². The normalized spacial score (nSPS) is 10.2. The fraction of sp³-hybridized carbons (Fsp3) is 0. The second kappa shape index (κ2) is 13.7. The van der Waals surface area contributed by atoms with Crippen molar-refractivity contribution < 1.29 is 37.7 Å². The van der Waals surface area contributed by atoms with E-state index >= 15 is 0 Å². The molecule has 3 heterocycles. The van der Waals surface area contributed by atoms with Gasteiger partial charge in [0.15, 0.2) is 0 Å². The van der Waals surface area contributed by atoms with E-state index in [1.54, 1.807) is 6.20 Å². The van der Waals surface area contributed by atoms with Crippen LogP contribution in [0.5, 0.6) is 0 Å². The van der Waals surface area contributed by atoms with E-state index in [1.807, 2.05) is 60.7 Å². The van der Waals surface area contributed by atoms with Gasteiger partial charge < -0.3 is 4.98 Å². The summed E-state index contributed by atoms with van der Waals surface area (Å²) in [5.74, 6) is -3.16. The number of benzene rings is 3. The SMILES string of the molecule is Fc1c[c-]c(-c2cccc(-c3[c-]cc(F)cc3F)n2)c(F)c1.[Ir+3].[c-]1ccccc1-c1cccc(-c2ccccn2)n1. The van der Waals surface area contributed by atoms with Gasteiger partial charge in [0.05, 0.1) is 11.4 Å². The topological polar surface area (TPSA) is 38.7 Å². The van der Waals surface area contributed by atoms with Gasteiger partial charge in [0.25, 0.3) is 0 Å². The predicted molar refractivity (Wildman–Crippen MR) is 144 cm³/mol. The second-order valence-electron chi connectivity index (χ2n) is 8.39. The van der Waals surface area contributed by atoms with E-state index in [-0.39, 0.29) is 42.6 Å². The van der Waals surface area contributed by atoms with Crippen LogP contribution in [0.2, 0.25) is 0 Å². The zero-order valence-electron chi connectivity index (χ0n) is 21.1. The molecular formula is C33H18F4IrN3. The quantitative estimate of drug-likeness (QED) is 0.136. The second-order valence-corrected chi connectivity index (χ2v) is 8.39. The number of pyridine rings is 3. The third kappa shape index (κ3) is 7.37. The van der Waals surface area contributed by atoms with Gasteiger partial charge in [0.1, 0.15) is 0 Å². The predicted octanol–water partition coefficient (Wildman–Crippen LogP) is 8.18. The van der Waals surface area contributed by atoms with Crippen molar-refractivity contribution in [1.82, 2.24) is 15.0 Å². The van der Waals surface area contributed by atoms with Crippen LogP contribution in [0.25, 0.3) is 45.2 Å². The molecule has 0 bridgehead atoms. The van der Waals surface area contributed by atoms with Crippen LogP contribution >= 0.6 is 0 Å². The molecule has 6 aromatic rings. The summed E-state index contributed by atoms with van der Waals surface area (Å²) in [6.45, 7) is 0. The average molecular weight is 725 g/mol. The van der Waals surface area contributed by atoms with Gasteiger partial charge in [-0.3, -0.25) is 27.5 Å². The molecular weight excluding hydrogens is 707 g/mol. The molecule has 0 spiro atoms. The molecule has 8 heteroatoms. The summed E-state index contributed by atoms with van der Waals surface area (Å²) in [5.41, 5.74) is 3.92. The van der Waals surface area contributed by atoms with Crippen LogP contribution in [0.4, 0.5) is 17.6 Å². The smallest absolute Gasteiger partial charge is 0.345 e. The van der Waals surface area contributed by atoms with Gasteiger partial charge in [-0.05, 0) is 35.3 Å². The Bertz CT molecular complexity index is 1630. The van der Waals surface area contributed by atoms with Crippen molar-refractivity contribution in [2.75, 3.05) is 0 Å². The monoisotopic (exact) mass is 725 g/mol. The number of nitrogens with zero attached hydrogens (tertiary/aromatic N) is 3. The molecule has 0 fully saturated rings. The van der Waals surface area contributed by atoms with Crippen molar-refractivity contribution in [3.63, 3.8) is 0 Å². The number of hydrogen-bond donors (Lipinski definition) is 0. The molecule has 0 aliphatic rings. The summed E-state index contributed by atoms with van der Waals surface area (Å²) >= 11 is 0. The summed E-state index contributed by atoms with van der Waals surface area (Å²) in [6.07, 6.45) is 1.78. The van der Waals surface area contributed by atoms with Crippen LogP contribution in [0.15, 0.2) is 109 Å². The molecule has 202 valence electrons. The molecule has 3 aromatic carbocycles. The Morgan fingerprint density at radius 3 is 1.59 bits per heavy atom. The molecule has 0 amide bonds. The van der Waals surface area contributed by atoms with Gasteiger partial charge in [-0.1, -0.05) is 59.7 Å². The standard InChI is InChI=1S/C17H7F4N.C16H11N2.Ir/c18-10-4-6-12(14(20)8-10)16-2-1-3-17(22-16)13-7-5-11(19)9-15(13)21;1-2-7-13(8-3-1)14-10-6-11-16(18-14)15-9-4-5-12-17-15;/h1-5,8-9H;1-7,9-12H;/q-2;-1;+3. The molecule has 41 heavy (non-hydrogen) atoms. The Balaban J connectivity index is 0.000000188. The van der Waals surface area contributed by atoms with Gasteiger partial charge in [0.2, 0.25) is 0 Å². The van der Waals surface area contributed by atoms with Crippen LogP contribution in [0.3, 0.4) is 0 Å². The molecule has 3 aromatic heterocycles. The Kier molecular flexibility index (Phi) is 9.85. The van der Waals surface area contributed by atoms with E-state index in [2.05, 4.69) is 33.2 Å². The zero-order valence-corrected chi connectivity index (χ0v) is 23.5. The van der Waals surface area contributed by atoms with E-state index in [1.165, 1.54) is 18.2 Å². The molecule has 0 saturated carbocycles.